The first-order valence-corrected chi connectivity index (χ1v) is 9.30. The van der Waals surface area contributed by atoms with Gasteiger partial charge in [-0.05, 0) is 55.9 Å². The summed E-state index contributed by atoms with van der Waals surface area (Å²) in [4.78, 5) is 8.88. The van der Waals surface area contributed by atoms with Crippen molar-refractivity contribution >= 4 is 52.0 Å². The molecule has 2 heterocycles. The van der Waals surface area contributed by atoms with E-state index in [1.165, 1.54) is 5.56 Å². The normalized spacial score (nSPS) is 14.6. The minimum Gasteiger partial charge on any atom is -0.367 e. The van der Waals surface area contributed by atoms with Crippen LogP contribution in [-0.4, -0.2) is 41.2 Å². The van der Waals surface area contributed by atoms with Crippen molar-refractivity contribution in [2.45, 2.75) is 13.8 Å². The molecule has 0 saturated carbocycles. The van der Waals surface area contributed by atoms with Crippen LogP contribution in [0.3, 0.4) is 0 Å². The number of piperazine rings is 1. The molecule has 1 aromatic carbocycles. The summed E-state index contributed by atoms with van der Waals surface area (Å²) >= 11 is 18.0. The van der Waals surface area contributed by atoms with E-state index in [-0.39, 0.29) is 0 Å². The maximum atomic E-state index is 6.33. The van der Waals surface area contributed by atoms with Gasteiger partial charge < -0.3 is 15.1 Å². The third kappa shape index (κ3) is 4.35. The minimum absolute atomic E-state index is 0.583. The first-order valence-electron chi connectivity index (χ1n) is 8.14. The van der Waals surface area contributed by atoms with Crippen molar-refractivity contribution in [1.29, 1.82) is 0 Å². The quantitative estimate of drug-likeness (QED) is 0.756. The first-order chi connectivity index (χ1) is 11.9. The summed E-state index contributed by atoms with van der Waals surface area (Å²) in [5.74, 6) is 0.794. The number of hydrogen-bond acceptors (Lipinski definition) is 3. The van der Waals surface area contributed by atoms with E-state index in [9.17, 15) is 0 Å². The zero-order chi connectivity index (χ0) is 18.0. The van der Waals surface area contributed by atoms with Crippen molar-refractivity contribution < 1.29 is 0 Å². The van der Waals surface area contributed by atoms with Gasteiger partial charge in [0.2, 0.25) is 0 Å². The summed E-state index contributed by atoms with van der Waals surface area (Å²) in [7, 11) is 0. The third-order valence-electron chi connectivity index (χ3n) is 4.17. The zero-order valence-electron chi connectivity index (χ0n) is 14.2. The molecule has 0 unspecified atom stereocenters. The van der Waals surface area contributed by atoms with Crippen LogP contribution < -0.4 is 10.2 Å². The van der Waals surface area contributed by atoms with Crippen LogP contribution in [0.2, 0.25) is 10.0 Å². The van der Waals surface area contributed by atoms with Crippen LogP contribution in [-0.2, 0) is 0 Å². The predicted octanol–water partition coefficient (Wildman–Crippen LogP) is 4.52. The molecule has 1 N–H and O–H groups in total. The van der Waals surface area contributed by atoms with E-state index in [1.54, 1.807) is 6.07 Å². The van der Waals surface area contributed by atoms with E-state index in [0.717, 1.165) is 43.4 Å². The molecule has 25 heavy (non-hydrogen) atoms. The fourth-order valence-electron chi connectivity index (χ4n) is 2.98. The Hall–Kier alpha value is -1.56. The Morgan fingerprint density at radius 1 is 1.12 bits per heavy atom. The van der Waals surface area contributed by atoms with Gasteiger partial charge in [-0.2, -0.15) is 0 Å². The molecule has 0 aliphatic carbocycles. The Kier molecular flexibility index (Phi) is 5.67. The molecule has 0 atom stereocenters. The molecule has 1 aliphatic rings. The summed E-state index contributed by atoms with van der Waals surface area (Å²) in [6, 6.07) is 9.77. The van der Waals surface area contributed by atoms with Gasteiger partial charge >= 0.3 is 0 Å². The largest absolute Gasteiger partial charge is 0.367 e. The van der Waals surface area contributed by atoms with Gasteiger partial charge in [0.1, 0.15) is 5.82 Å². The van der Waals surface area contributed by atoms with Crippen LogP contribution >= 0.6 is 35.4 Å². The molecular formula is C18H20Cl2N4S. The molecule has 1 saturated heterocycles. The molecule has 7 heteroatoms. The second kappa shape index (κ2) is 7.77. The number of halogens is 2. The van der Waals surface area contributed by atoms with Gasteiger partial charge in [-0.1, -0.05) is 29.3 Å². The molecule has 132 valence electrons. The van der Waals surface area contributed by atoms with Crippen LogP contribution in [0.1, 0.15) is 11.3 Å². The van der Waals surface area contributed by atoms with Crippen molar-refractivity contribution in [2.24, 2.45) is 0 Å². The fourth-order valence-corrected chi connectivity index (χ4v) is 3.68. The number of aromatic nitrogens is 1. The molecule has 0 radical (unpaired) electrons. The Balaban J connectivity index is 1.62. The van der Waals surface area contributed by atoms with Crippen LogP contribution in [0.15, 0.2) is 30.3 Å². The van der Waals surface area contributed by atoms with Crippen LogP contribution in [0.5, 0.6) is 0 Å². The highest BCUT2D eigenvalue weighted by atomic mass is 35.5. The predicted molar refractivity (Wildman–Crippen MR) is 110 cm³/mol. The highest BCUT2D eigenvalue weighted by Gasteiger charge is 2.21. The van der Waals surface area contributed by atoms with Crippen molar-refractivity contribution in [3.8, 4) is 0 Å². The van der Waals surface area contributed by atoms with Gasteiger partial charge in [-0.3, -0.25) is 0 Å². The topological polar surface area (TPSA) is 31.4 Å². The summed E-state index contributed by atoms with van der Waals surface area (Å²) in [6.07, 6.45) is 0. The summed E-state index contributed by atoms with van der Waals surface area (Å²) < 4.78 is 0. The highest BCUT2D eigenvalue weighted by molar-refractivity contribution is 7.80. The van der Waals surface area contributed by atoms with Crippen LogP contribution in [0, 0.1) is 13.8 Å². The molecule has 1 fully saturated rings. The number of anilines is 2. The van der Waals surface area contributed by atoms with Gasteiger partial charge in [-0.25, -0.2) is 4.98 Å². The third-order valence-corrected chi connectivity index (χ3v) is 5.34. The van der Waals surface area contributed by atoms with E-state index in [0.29, 0.717) is 15.2 Å². The Labute approximate surface area is 163 Å². The number of rotatable bonds is 2. The zero-order valence-corrected chi connectivity index (χ0v) is 16.5. The van der Waals surface area contributed by atoms with E-state index in [4.69, 9.17) is 35.4 Å². The smallest absolute Gasteiger partial charge is 0.174 e. The number of benzene rings is 1. The van der Waals surface area contributed by atoms with Gasteiger partial charge in [-0.15, -0.1) is 0 Å². The van der Waals surface area contributed by atoms with Gasteiger partial charge in [0.25, 0.3) is 0 Å². The lowest BCUT2D eigenvalue weighted by Gasteiger charge is -2.37. The van der Waals surface area contributed by atoms with Crippen LogP contribution in [0.25, 0.3) is 0 Å². The highest BCUT2D eigenvalue weighted by Crippen LogP contribution is 2.32. The maximum absolute atomic E-state index is 6.33. The standard InChI is InChI=1S/C18H20Cl2N4S/c1-12-10-13(2)21-16(11-12)22-18(25)24-8-6-23(7-9-24)15-5-3-4-14(19)17(15)20/h3-5,10-11H,6-9H2,1-2H3,(H,21,22,25). The average Bonchev–Trinajstić information content (AvgIpc) is 2.56. The Morgan fingerprint density at radius 2 is 1.84 bits per heavy atom. The van der Waals surface area contributed by atoms with Crippen molar-refractivity contribution in [3.63, 3.8) is 0 Å². The van der Waals surface area contributed by atoms with E-state index in [1.807, 2.05) is 31.2 Å². The molecule has 0 spiro atoms. The van der Waals surface area contributed by atoms with Crippen molar-refractivity contribution in [3.05, 3.63) is 51.6 Å². The second-order valence-electron chi connectivity index (χ2n) is 6.15. The van der Waals surface area contributed by atoms with Gasteiger partial charge in [0.15, 0.2) is 5.11 Å². The average molecular weight is 395 g/mol. The van der Waals surface area contributed by atoms with E-state index >= 15 is 0 Å². The molecule has 2 aromatic rings. The van der Waals surface area contributed by atoms with Crippen molar-refractivity contribution in [2.75, 3.05) is 36.4 Å². The van der Waals surface area contributed by atoms with E-state index < -0.39 is 0 Å². The molecule has 1 aromatic heterocycles. The maximum Gasteiger partial charge on any atom is 0.174 e. The first kappa shape index (κ1) is 18.2. The summed E-state index contributed by atoms with van der Waals surface area (Å²) in [6.45, 7) is 7.34. The SMILES string of the molecule is Cc1cc(C)nc(NC(=S)N2CCN(c3cccc(Cl)c3Cl)CC2)c1. The molecule has 4 nitrogen and oxygen atoms in total. The lowest BCUT2D eigenvalue weighted by Crippen LogP contribution is -2.50. The molecule has 0 bridgehead atoms. The number of aryl methyl sites for hydroxylation is 2. The number of thiocarbonyl (C=S) groups is 1. The summed E-state index contributed by atoms with van der Waals surface area (Å²) in [5, 5.41) is 5.14. The second-order valence-corrected chi connectivity index (χ2v) is 7.32. The van der Waals surface area contributed by atoms with Crippen molar-refractivity contribution in [1.82, 2.24) is 9.88 Å². The monoisotopic (exact) mass is 394 g/mol. The van der Waals surface area contributed by atoms with E-state index in [2.05, 4.69) is 27.0 Å². The lowest BCUT2D eigenvalue weighted by atomic mass is 10.2. The molecule has 1 aliphatic heterocycles. The Morgan fingerprint density at radius 3 is 2.52 bits per heavy atom. The van der Waals surface area contributed by atoms with Gasteiger partial charge in [0.05, 0.1) is 15.7 Å². The fraction of sp³-hybridized carbons (Fsp3) is 0.333. The number of nitrogens with one attached hydrogen (secondary N) is 1. The molecule has 0 amide bonds. The number of hydrogen-bond donors (Lipinski definition) is 1. The number of pyridine rings is 1. The minimum atomic E-state index is 0.583. The van der Waals surface area contributed by atoms with Crippen LogP contribution in [0.4, 0.5) is 11.5 Å². The lowest BCUT2D eigenvalue weighted by molar-refractivity contribution is 0.391. The summed E-state index contributed by atoms with van der Waals surface area (Å²) in [5.41, 5.74) is 3.12. The Bertz CT molecular complexity index is 768. The number of nitrogens with zero attached hydrogens (tertiary/aromatic N) is 3. The van der Waals surface area contributed by atoms with Gasteiger partial charge in [0, 0.05) is 31.9 Å². The molecule has 3 rings (SSSR count). The molecular weight excluding hydrogens is 375 g/mol.